The Labute approximate surface area is 168 Å². The van der Waals surface area contributed by atoms with Crippen molar-refractivity contribution in [2.45, 2.75) is 57.0 Å². The van der Waals surface area contributed by atoms with Crippen LogP contribution in [0.25, 0.3) is 0 Å². The quantitative estimate of drug-likeness (QED) is 0.664. The number of phenolic OH excluding ortho intramolecular Hbond substituents is 1. The van der Waals surface area contributed by atoms with Gasteiger partial charge < -0.3 is 10.2 Å². The third-order valence-electron chi connectivity index (χ3n) is 5.11. The van der Waals surface area contributed by atoms with E-state index in [1.54, 1.807) is 0 Å². The van der Waals surface area contributed by atoms with Crippen molar-refractivity contribution in [3.8, 4) is 5.75 Å². The van der Waals surface area contributed by atoms with Gasteiger partial charge in [0.15, 0.2) is 0 Å². The molecular formula is C22H31NO4S. The number of benzene rings is 2. The molecule has 0 radical (unpaired) electrons. The summed E-state index contributed by atoms with van der Waals surface area (Å²) < 4.78 is 24.3. The monoisotopic (exact) mass is 405 g/mol. The van der Waals surface area contributed by atoms with Crippen molar-refractivity contribution >= 4 is 9.84 Å². The van der Waals surface area contributed by atoms with Crippen LogP contribution in [0.5, 0.6) is 5.75 Å². The van der Waals surface area contributed by atoms with Gasteiger partial charge in [-0.05, 0) is 64.4 Å². The molecule has 0 amide bonds. The minimum atomic E-state index is -3.78. The van der Waals surface area contributed by atoms with Gasteiger partial charge in [0.1, 0.15) is 11.7 Å². The molecule has 0 aromatic heterocycles. The van der Waals surface area contributed by atoms with Crippen LogP contribution in [0.3, 0.4) is 0 Å². The van der Waals surface area contributed by atoms with E-state index >= 15 is 0 Å². The van der Waals surface area contributed by atoms with E-state index in [-0.39, 0.29) is 16.6 Å². The van der Waals surface area contributed by atoms with Crippen LogP contribution in [0.4, 0.5) is 0 Å². The molecule has 28 heavy (non-hydrogen) atoms. The maximum absolute atomic E-state index is 12.1. The molecule has 0 fully saturated rings. The van der Waals surface area contributed by atoms with Crippen molar-refractivity contribution in [1.29, 1.82) is 0 Å². The molecule has 0 spiro atoms. The van der Waals surface area contributed by atoms with Crippen LogP contribution in [-0.2, 0) is 9.84 Å². The topological polar surface area (TPSA) is 77.8 Å². The molecule has 0 saturated heterocycles. The number of aromatic hydroxyl groups is 1. The highest BCUT2D eigenvalue weighted by atomic mass is 32.2. The fourth-order valence-corrected chi connectivity index (χ4v) is 4.39. The third kappa shape index (κ3) is 5.34. The summed E-state index contributed by atoms with van der Waals surface area (Å²) in [5.41, 5.74) is 1.58. The molecule has 0 bridgehead atoms. The molecule has 2 aromatic carbocycles. The number of nitrogens with zero attached hydrogens (tertiary/aromatic N) is 1. The molecule has 1 atom stereocenters. The molecule has 0 aliphatic heterocycles. The van der Waals surface area contributed by atoms with Gasteiger partial charge in [-0.2, -0.15) is 0 Å². The fraction of sp³-hybridized carbons (Fsp3) is 0.455. The first-order valence-electron chi connectivity index (χ1n) is 9.64. The van der Waals surface area contributed by atoms with Gasteiger partial charge in [0.2, 0.25) is 9.84 Å². The van der Waals surface area contributed by atoms with Gasteiger partial charge in [-0.25, -0.2) is 8.42 Å². The van der Waals surface area contributed by atoms with E-state index in [4.69, 9.17) is 0 Å². The average molecular weight is 406 g/mol. The number of aliphatic hydroxyl groups excluding tert-OH is 1. The molecule has 154 valence electrons. The van der Waals surface area contributed by atoms with E-state index in [0.717, 1.165) is 18.5 Å². The Morgan fingerprint density at radius 2 is 1.57 bits per heavy atom. The Kier molecular flexibility index (Phi) is 7.63. The Balaban J connectivity index is 2.47. The van der Waals surface area contributed by atoms with Crippen LogP contribution in [-0.4, -0.2) is 48.1 Å². The normalized spacial score (nSPS) is 13.4. The van der Waals surface area contributed by atoms with E-state index in [0.29, 0.717) is 17.6 Å². The van der Waals surface area contributed by atoms with Crippen molar-refractivity contribution in [2.75, 3.05) is 12.5 Å². The zero-order chi connectivity index (χ0) is 20.9. The van der Waals surface area contributed by atoms with Gasteiger partial charge in [-0.15, -0.1) is 0 Å². The lowest BCUT2D eigenvalue weighted by molar-refractivity contribution is 0.170. The SMILES string of the molecule is CC(C)N(CCC(c1ccccc1)c1cc(S(=O)(=O)CO)ccc1O)C(C)C. The summed E-state index contributed by atoms with van der Waals surface area (Å²) in [6, 6.07) is 14.8. The number of hydrogen-bond acceptors (Lipinski definition) is 5. The van der Waals surface area contributed by atoms with Crippen molar-refractivity contribution in [2.24, 2.45) is 0 Å². The van der Waals surface area contributed by atoms with Crippen LogP contribution >= 0.6 is 0 Å². The largest absolute Gasteiger partial charge is 0.508 e. The molecule has 0 aliphatic rings. The van der Waals surface area contributed by atoms with Crippen LogP contribution in [0.2, 0.25) is 0 Å². The van der Waals surface area contributed by atoms with E-state index in [2.05, 4.69) is 32.6 Å². The fourth-order valence-electron chi connectivity index (χ4n) is 3.66. The lowest BCUT2D eigenvalue weighted by Gasteiger charge is -2.32. The predicted molar refractivity (Wildman–Crippen MR) is 112 cm³/mol. The van der Waals surface area contributed by atoms with Gasteiger partial charge in [-0.3, -0.25) is 4.90 Å². The molecule has 2 aromatic rings. The Hall–Kier alpha value is -1.89. The molecule has 0 saturated carbocycles. The molecular weight excluding hydrogens is 374 g/mol. The Morgan fingerprint density at radius 1 is 0.964 bits per heavy atom. The number of phenols is 1. The van der Waals surface area contributed by atoms with E-state index in [1.807, 2.05) is 30.3 Å². The average Bonchev–Trinajstić information content (AvgIpc) is 2.66. The maximum atomic E-state index is 12.1. The molecule has 0 aliphatic carbocycles. The minimum absolute atomic E-state index is 0.0216. The predicted octanol–water partition coefficient (Wildman–Crippen LogP) is 3.76. The summed E-state index contributed by atoms with van der Waals surface area (Å²) in [4.78, 5) is 2.40. The molecule has 2 rings (SSSR count). The van der Waals surface area contributed by atoms with Gasteiger partial charge in [0.05, 0.1) is 4.90 Å². The molecule has 2 N–H and O–H groups in total. The standard InChI is InChI=1S/C22H31NO4S/c1-16(2)23(17(3)4)13-12-20(18-8-6-5-7-9-18)21-14-19(10-11-22(21)25)28(26,27)15-24/h5-11,14,16-17,20,24-25H,12-13,15H2,1-4H3. The van der Waals surface area contributed by atoms with Crippen LogP contribution in [0.1, 0.15) is 51.2 Å². The number of aliphatic hydroxyl groups is 1. The Bertz CT molecular complexity index is 855. The highest BCUT2D eigenvalue weighted by molar-refractivity contribution is 7.91. The summed E-state index contributed by atoms with van der Waals surface area (Å²) >= 11 is 0. The third-order valence-corrected chi connectivity index (χ3v) is 6.42. The summed E-state index contributed by atoms with van der Waals surface area (Å²) in [7, 11) is -3.78. The first-order valence-corrected chi connectivity index (χ1v) is 11.3. The number of sulfone groups is 1. The lowest BCUT2D eigenvalue weighted by atomic mass is 9.87. The summed E-state index contributed by atoms with van der Waals surface area (Å²) in [6.07, 6.45) is 0.733. The van der Waals surface area contributed by atoms with Gasteiger partial charge in [-0.1, -0.05) is 30.3 Å². The maximum Gasteiger partial charge on any atom is 0.202 e. The molecule has 6 heteroatoms. The second kappa shape index (κ2) is 9.54. The van der Waals surface area contributed by atoms with E-state index < -0.39 is 15.8 Å². The van der Waals surface area contributed by atoms with E-state index in [1.165, 1.54) is 18.2 Å². The smallest absolute Gasteiger partial charge is 0.202 e. The highest BCUT2D eigenvalue weighted by Crippen LogP contribution is 2.36. The zero-order valence-corrected chi connectivity index (χ0v) is 17.9. The second-order valence-electron chi connectivity index (χ2n) is 7.64. The van der Waals surface area contributed by atoms with Crippen molar-refractivity contribution in [3.05, 3.63) is 59.7 Å². The molecule has 5 nitrogen and oxygen atoms in total. The zero-order valence-electron chi connectivity index (χ0n) is 17.0. The van der Waals surface area contributed by atoms with Gasteiger partial charge >= 0.3 is 0 Å². The summed E-state index contributed by atoms with van der Waals surface area (Å²) in [6.45, 7) is 9.44. The van der Waals surface area contributed by atoms with Gasteiger partial charge in [0, 0.05) is 23.6 Å². The Morgan fingerprint density at radius 3 is 2.11 bits per heavy atom. The van der Waals surface area contributed by atoms with Crippen molar-refractivity contribution in [3.63, 3.8) is 0 Å². The lowest BCUT2D eigenvalue weighted by Crippen LogP contribution is -2.38. The van der Waals surface area contributed by atoms with Crippen molar-refractivity contribution in [1.82, 2.24) is 4.90 Å². The van der Waals surface area contributed by atoms with Gasteiger partial charge in [0.25, 0.3) is 0 Å². The molecule has 0 heterocycles. The first-order chi connectivity index (χ1) is 13.2. The van der Waals surface area contributed by atoms with Crippen LogP contribution < -0.4 is 0 Å². The molecule has 1 unspecified atom stereocenters. The summed E-state index contributed by atoms with van der Waals surface area (Å²) in [5.74, 6) is -1.05. The van der Waals surface area contributed by atoms with Crippen LogP contribution in [0.15, 0.2) is 53.4 Å². The number of hydrogen-bond donors (Lipinski definition) is 2. The second-order valence-corrected chi connectivity index (χ2v) is 9.60. The highest BCUT2D eigenvalue weighted by Gasteiger charge is 2.23. The number of rotatable bonds is 9. The minimum Gasteiger partial charge on any atom is -0.508 e. The summed E-state index contributed by atoms with van der Waals surface area (Å²) in [5, 5.41) is 19.7. The van der Waals surface area contributed by atoms with Crippen molar-refractivity contribution < 1.29 is 18.6 Å². The van der Waals surface area contributed by atoms with Crippen LogP contribution in [0, 0.1) is 0 Å². The van der Waals surface area contributed by atoms with E-state index in [9.17, 15) is 18.6 Å². The first kappa shape index (κ1) is 22.4.